The van der Waals surface area contributed by atoms with E-state index in [4.69, 9.17) is 8.43 Å². The molecule has 10 heteroatoms. The zero-order valence-electron chi connectivity index (χ0n) is 11.8. The Morgan fingerprint density at radius 3 is 1.28 bits per heavy atom. The summed E-state index contributed by atoms with van der Waals surface area (Å²) in [7, 11) is -5.44. The lowest BCUT2D eigenvalue weighted by molar-refractivity contribution is 0.342. The Morgan fingerprint density at radius 2 is 1.06 bits per heavy atom. The van der Waals surface area contributed by atoms with Gasteiger partial charge in [-0.05, 0) is 38.3 Å². The highest BCUT2D eigenvalue weighted by Gasteiger charge is 2.41. The van der Waals surface area contributed by atoms with E-state index in [1.165, 1.54) is 14.2 Å². The molecule has 0 aliphatic carbocycles. The summed E-state index contributed by atoms with van der Waals surface area (Å²) in [5.41, 5.74) is 0. The summed E-state index contributed by atoms with van der Waals surface area (Å²) in [6.07, 6.45) is 0. The molecule has 0 radical (unpaired) electrons. The van der Waals surface area contributed by atoms with Crippen molar-refractivity contribution in [2.45, 2.75) is 38.3 Å². The van der Waals surface area contributed by atoms with Crippen LogP contribution < -0.4 is 0 Å². The van der Waals surface area contributed by atoms with E-state index in [-0.39, 0.29) is 0 Å². The third kappa shape index (κ3) is 8.55. The van der Waals surface area contributed by atoms with Crippen LogP contribution >= 0.6 is 16.5 Å². The Morgan fingerprint density at radius 1 is 0.778 bits per heavy atom. The number of rotatable bonds is 9. The molecule has 18 heavy (non-hydrogen) atoms. The van der Waals surface area contributed by atoms with Crippen molar-refractivity contribution in [3.8, 4) is 0 Å². The molecule has 0 aliphatic rings. The maximum absolute atomic E-state index is 11.2. The van der Waals surface area contributed by atoms with Crippen molar-refractivity contribution in [1.29, 1.82) is 0 Å². The maximum Gasteiger partial charge on any atom is 0.685 e. The molecule has 0 saturated carbocycles. The molecule has 0 aliphatic heterocycles. The summed E-state index contributed by atoms with van der Waals surface area (Å²) in [6.45, 7) is 7.89. The van der Waals surface area contributed by atoms with Gasteiger partial charge in [-0.25, -0.2) is 0 Å². The van der Waals surface area contributed by atoms with E-state index in [2.05, 4.69) is 9.05 Å². The van der Waals surface area contributed by atoms with Crippen LogP contribution in [-0.4, -0.2) is 30.9 Å². The van der Waals surface area contributed by atoms with Crippen LogP contribution in [0.15, 0.2) is 0 Å². The van der Waals surface area contributed by atoms with Gasteiger partial charge in [-0.1, -0.05) is 0 Å². The van der Waals surface area contributed by atoms with Crippen LogP contribution in [0.3, 0.4) is 0 Å². The second kappa shape index (κ2) is 7.92. The first-order valence-electron chi connectivity index (χ1n) is 5.53. The van der Waals surface area contributed by atoms with Gasteiger partial charge in [0.15, 0.2) is 0 Å². The van der Waals surface area contributed by atoms with Gasteiger partial charge < -0.3 is 0 Å². The van der Waals surface area contributed by atoms with E-state index >= 15 is 0 Å². The van der Waals surface area contributed by atoms with Gasteiger partial charge in [-0.3, -0.25) is 0 Å². The van der Waals surface area contributed by atoms with Crippen LogP contribution in [0.1, 0.15) is 0 Å². The molecule has 0 amide bonds. The monoisotopic (exact) mass is 332 g/mol. The molecule has 0 saturated heterocycles. The van der Waals surface area contributed by atoms with E-state index in [0.717, 1.165) is 12.1 Å². The molecule has 2 atom stereocenters. The summed E-state index contributed by atoms with van der Waals surface area (Å²) in [5, 5.41) is 0. The van der Waals surface area contributed by atoms with E-state index in [1.54, 1.807) is 0 Å². The minimum atomic E-state index is -2.05. The Balaban J connectivity index is 4.28. The Labute approximate surface area is 113 Å². The Hall–Kier alpha value is 0.474. The zero-order valence-corrected chi connectivity index (χ0v) is 15.5. The van der Waals surface area contributed by atoms with Crippen LogP contribution in [0.4, 0.5) is 0 Å². The molecule has 0 fully saturated rings. The molecule has 106 valence electrons. The summed E-state index contributed by atoms with van der Waals surface area (Å²) in [5.74, 6) is 0. The first-order valence-corrected chi connectivity index (χ1v) is 13.9. The number of hydrogen-bond acceptors (Lipinski definition) is 6. The highest BCUT2D eigenvalue weighted by Crippen LogP contribution is 2.35. The van der Waals surface area contributed by atoms with E-state index < -0.39 is 33.1 Å². The number of hydrogen-bond donors (Lipinski definition) is 0. The maximum atomic E-state index is 11.2. The van der Waals surface area contributed by atoms with Crippen LogP contribution in [0, 0.1) is 0 Å². The van der Waals surface area contributed by atoms with Crippen LogP contribution in [0.2, 0.25) is 38.3 Å². The van der Waals surface area contributed by atoms with Crippen LogP contribution in [0.25, 0.3) is 0 Å². The quantitative estimate of drug-likeness (QED) is 0.469. The average molecular weight is 332 g/mol. The third-order valence-corrected chi connectivity index (χ3v) is 11.4. The largest absolute Gasteiger partial charge is 0.685 e. The minimum absolute atomic E-state index is 0.781. The molecule has 0 aromatic rings. The first-order chi connectivity index (χ1) is 8.12. The van der Waals surface area contributed by atoms with Crippen molar-refractivity contribution in [2.75, 3.05) is 14.2 Å². The van der Waals surface area contributed by atoms with Gasteiger partial charge in [0.25, 0.3) is 16.6 Å². The van der Waals surface area contributed by atoms with E-state index in [9.17, 15) is 9.13 Å². The van der Waals surface area contributed by atoms with E-state index in [1.807, 2.05) is 26.2 Å². The van der Waals surface area contributed by atoms with Gasteiger partial charge >= 0.3 is 16.5 Å². The highest BCUT2D eigenvalue weighted by atomic mass is 31.1. The molecule has 6 nitrogen and oxygen atoms in total. The van der Waals surface area contributed by atoms with Gasteiger partial charge in [0, 0.05) is 9.13 Å². The van der Waals surface area contributed by atoms with Crippen molar-refractivity contribution in [1.82, 2.24) is 0 Å². The van der Waals surface area contributed by atoms with Gasteiger partial charge in [0.1, 0.15) is 0 Å². The predicted octanol–water partition coefficient (Wildman–Crippen LogP) is 4.04. The second-order valence-corrected chi connectivity index (χ2v) is 16.1. The second-order valence-electron chi connectivity index (χ2n) is 5.01. The van der Waals surface area contributed by atoms with Gasteiger partial charge in [-0.15, -0.1) is 9.05 Å². The SMILES string of the molecule is CO[P+](=O)O[Si](C)(C)CC[Si](C)(C)O[P+](=O)OC. The van der Waals surface area contributed by atoms with Crippen LogP contribution in [0.5, 0.6) is 0 Å². The molecule has 0 spiro atoms. The minimum Gasteiger partial charge on any atom is -0.176 e. The van der Waals surface area contributed by atoms with Crippen molar-refractivity contribution >= 4 is 33.1 Å². The molecule has 2 unspecified atom stereocenters. The van der Waals surface area contributed by atoms with Crippen molar-refractivity contribution in [3.63, 3.8) is 0 Å². The van der Waals surface area contributed by atoms with Gasteiger partial charge in [-0.2, -0.15) is 8.43 Å². The lowest BCUT2D eigenvalue weighted by Gasteiger charge is -2.19. The molecule has 0 bridgehead atoms. The summed E-state index contributed by atoms with van der Waals surface area (Å²) in [4.78, 5) is 0. The molecule has 0 rings (SSSR count). The fourth-order valence-corrected chi connectivity index (χ4v) is 10.5. The topological polar surface area (TPSA) is 71.1 Å². The average Bonchev–Trinajstić information content (AvgIpc) is 2.25. The normalized spacial score (nSPS) is 14.6. The lowest BCUT2D eigenvalue weighted by atomic mass is 10.9. The fraction of sp³-hybridized carbons (Fsp3) is 1.00. The molecular formula is C8H22O6P2Si2+2. The predicted molar refractivity (Wildman–Crippen MR) is 76.0 cm³/mol. The van der Waals surface area contributed by atoms with Crippen LogP contribution in [-0.2, 0) is 26.6 Å². The standard InChI is InChI=1S/C8H22O6P2Si2/c1-11-15(9)13-17(3,4)7-8-18(5,6)14-16(10)12-2/h7-8H2,1-6H3/q+2. The van der Waals surface area contributed by atoms with Crippen molar-refractivity contribution in [3.05, 3.63) is 0 Å². The molecule has 0 aromatic heterocycles. The smallest absolute Gasteiger partial charge is 0.176 e. The molecule has 0 heterocycles. The Kier molecular flexibility index (Phi) is 8.13. The highest BCUT2D eigenvalue weighted by molar-refractivity contribution is 7.36. The molecule has 0 aromatic carbocycles. The third-order valence-electron chi connectivity index (χ3n) is 2.27. The zero-order chi connectivity index (χ0) is 14.4. The summed E-state index contributed by atoms with van der Waals surface area (Å²) < 4.78 is 42.5. The lowest BCUT2D eigenvalue weighted by Crippen LogP contribution is -2.34. The van der Waals surface area contributed by atoms with Gasteiger partial charge in [0.2, 0.25) is 0 Å². The van der Waals surface area contributed by atoms with Crippen molar-refractivity contribution in [2.24, 2.45) is 0 Å². The fourth-order valence-electron chi connectivity index (χ4n) is 1.17. The van der Waals surface area contributed by atoms with Gasteiger partial charge in [0.05, 0.1) is 14.2 Å². The van der Waals surface area contributed by atoms with Crippen molar-refractivity contribution < 1.29 is 26.6 Å². The first kappa shape index (κ1) is 18.5. The molecule has 0 N–H and O–H groups in total. The summed E-state index contributed by atoms with van der Waals surface area (Å²) in [6, 6.07) is 1.56. The molecular weight excluding hydrogens is 310 g/mol. The summed E-state index contributed by atoms with van der Waals surface area (Å²) >= 11 is 0. The van der Waals surface area contributed by atoms with E-state index in [0.29, 0.717) is 0 Å². The Bertz CT molecular complexity index is 280.